The Labute approximate surface area is 91.1 Å². The van der Waals surface area contributed by atoms with E-state index in [0.717, 1.165) is 15.8 Å². The van der Waals surface area contributed by atoms with Crippen LogP contribution in [0.25, 0.3) is 0 Å². The number of rotatable bonds is 3. The van der Waals surface area contributed by atoms with Gasteiger partial charge in [0.25, 0.3) is 0 Å². The molecule has 0 aliphatic heterocycles. The zero-order valence-corrected chi connectivity index (χ0v) is 9.54. The van der Waals surface area contributed by atoms with Crippen LogP contribution >= 0.6 is 27.5 Å². The molecule has 2 nitrogen and oxygen atoms in total. The Morgan fingerprint density at radius 3 is 2.77 bits per heavy atom. The molecule has 0 radical (unpaired) electrons. The van der Waals surface area contributed by atoms with Crippen LogP contribution in [0.2, 0.25) is 5.02 Å². The van der Waals surface area contributed by atoms with Gasteiger partial charge in [0.2, 0.25) is 0 Å². The maximum atomic E-state index is 6.00. The Balaban J connectivity index is 3.20. The highest BCUT2D eigenvalue weighted by atomic mass is 79.9. The van der Waals surface area contributed by atoms with E-state index >= 15 is 0 Å². The first-order chi connectivity index (χ1) is 6.19. The maximum absolute atomic E-state index is 6.00. The summed E-state index contributed by atoms with van der Waals surface area (Å²) < 4.78 is 0.931. The summed E-state index contributed by atoms with van der Waals surface area (Å²) in [5.41, 5.74) is 1.77. The molecule has 0 unspecified atom stereocenters. The van der Waals surface area contributed by atoms with E-state index in [-0.39, 0.29) is 0 Å². The molecule has 0 spiro atoms. The SMILES string of the molecule is C=CNc1cc(Br)cc(Cl)c1NC. The van der Waals surface area contributed by atoms with Gasteiger partial charge in [0, 0.05) is 11.5 Å². The second-order valence-electron chi connectivity index (χ2n) is 2.41. The van der Waals surface area contributed by atoms with Crippen LogP contribution in [0.3, 0.4) is 0 Å². The van der Waals surface area contributed by atoms with Gasteiger partial charge in [0.05, 0.1) is 16.4 Å². The van der Waals surface area contributed by atoms with E-state index < -0.39 is 0 Å². The molecule has 0 aromatic heterocycles. The van der Waals surface area contributed by atoms with E-state index in [9.17, 15) is 0 Å². The van der Waals surface area contributed by atoms with Gasteiger partial charge in [-0.1, -0.05) is 34.1 Å². The van der Waals surface area contributed by atoms with Crippen molar-refractivity contribution in [3.8, 4) is 0 Å². The summed E-state index contributed by atoms with van der Waals surface area (Å²) in [7, 11) is 1.82. The zero-order chi connectivity index (χ0) is 9.84. The average molecular weight is 262 g/mol. The molecule has 0 aliphatic rings. The number of halogens is 2. The van der Waals surface area contributed by atoms with Crippen molar-refractivity contribution in [1.82, 2.24) is 0 Å². The van der Waals surface area contributed by atoms with E-state index in [1.165, 1.54) is 0 Å². The van der Waals surface area contributed by atoms with Crippen LogP contribution in [0.1, 0.15) is 0 Å². The van der Waals surface area contributed by atoms with Crippen LogP contribution in [0.5, 0.6) is 0 Å². The van der Waals surface area contributed by atoms with Gasteiger partial charge in [-0.25, -0.2) is 0 Å². The standard InChI is InChI=1S/C9H10BrClN2/c1-3-13-8-5-6(10)4-7(11)9(8)12-2/h3-5,12-13H,1H2,2H3. The van der Waals surface area contributed by atoms with E-state index in [1.807, 2.05) is 19.2 Å². The van der Waals surface area contributed by atoms with Crippen molar-refractivity contribution < 1.29 is 0 Å². The first kappa shape index (κ1) is 10.4. The van der Waals surface area contributed by atoms with Gasteiger partial charge in [-0.3, -0.25) is 0 Å². The van der Waals surface area contributed by atoms with Crippen molar-refractivity contribution in [3.63, 3.8) is 0 Å². The monoisotopic (exact) mass is 260 g/mol. The number of hydrogen-bond acceptors (Lipinski definition) is 2. The fourth-order valence-electron chi connectivity index (χ4n) is 1.05. The molecule has 0 amide bonds. The average Bonchev–Trinajstić information content (AvgIpc) is 2.04. The summed E-state index contributed by atoms with van der Waals surface area (Å²) in [6.07, 6.45) is 1.61. The Bertz CT molecular complexity index is 326. The van der Waals surface area contributed by atoms with Gasteiger partial charge >= 0.3 is 0 Å². The summed E-state index contributed by atoms with van der Waals surface area (Å²) in [5.74, 6) is 0. The Morgan fingerprint density at radius 1 is 1.54 bits per heavy atom. The molecular formula is C9H10BrClN2. The summed E-state index contributed by atoms with van der Waals surface area (Å²) in [6, 6.07) is 3.76. The lowest BCUT2D eigenvalue weighted by molar-refractivity contribution is 1.47. The van der Waals surface area contributed by atoms with Gasteiger partial charge in [-0.15, -0.1) is 0 Å². The molecule has 70 valence electrons. The van der Waals surface area contributed by atoms with Crippen molar-refractivity contribution in [2.45, 2.75) is 0 Å². The van der Waals surface area contributed by atoms with Crippen LogP contribution < -0.4 is 10.6 Å². The van der Waals surface area contributed by atoms with Gasteiger partial charge in [-0.05, 0) is 18.3 Å². The van der Waals surface area contributed by atoms with Gasteiger partial charge < -0.3 is 10.6 Å². The predicted octanol–water partition coefficient (Wildman–Crippen LogP) is 3.70. The Kier molecular flexibility index (Phi) is 3.63. The Hall–Kier alpha value is -0.670. The molecule has 1 rings (SSSR count). The van der Waals surface area contributed by atoms with E-state index in [4.69, 9.17) is 11.6 Å². The van der Waals surface area contributed by atoms with Crippen LogP contribution in [0, 0.1) is 0 Å². The minimum Gasteiger partial charge on any atom is -0.385 e. The van der Waals surface area contributed by atoms with Gasteiger partial charge in [0.15, 0.2) is 0 Å². The zero-order valence-electron chi connectivity index (χ0n) is 7.20. The molecule has 0 saturated heterocycles. The summed E-state index contributed by atoms with van der Waals surface area (Å²) in [5, 5.41) is 6.68. The van der Waals surface area contributed by atoms with E-state index in [2.05, 4.69) is 33.1 Å². The highest BCUT2D eigenvalue weighted by molar-refractivity contribution is 9.10. The maximum Gasteiger partial charge on any atom is 0.0766 e. The Morgan fingerprint density at radius 2 is 2.23 bits per heavy atom. The lowest BCUT2D eigenvalue weighted by atomic mass is 10.2. The third-order valence-electron chi connectivity index (χ3n) is 1.56. The molecule has 0 heterocycles. The van der Waals surface area contributed by atoms with E-state index in [0.29, 0.717) is 5.02 Å². The number of benzene rings is 1. The number of hydrogen-bond donors (Lipinski definition) is 2. The van der Waals surface area contributed by atoms with Gasteiger partial charge in [0.1, 0.15) is 0 Å². The fraction of sp³-hybridized carbons (Fsp3) is 0.111. The van der Waals surface area contributed by atoms with Crippen molar-refractivity contribution in [3.05, 3.63) is 34.4 Å². The molecule has 0 fully saturated rings. The molecule has 0 aliphatic carbocycles. The highest BCUT2D eigenvalue weighted by Gasteiger charge is 2.05. The van der Waals surface area contributed by atoms with Gasteiger partial charge in [-0.2, -0.15) is 0 Å². The first-order valence-corrected chi connectivity index (χ1v) is 4.90. The minimum atomic E-state index is 0.668. The third-order valence-corrected chi connectivity index (χ3v) is 2.32. The second kappa shape index (κ2) is 4.53. The third kappa shape index (κ3) is 2.39. The predicted molar refractivity (Wildman–Crippen MR) is 62.5 cm³/mol. The topological polar surface area (TPSA) is 24.1 Å². The minimum absolute atomic E-state index is 0.668. The molecule has 13 heavy (non-hydrogen) atoms. The summed E-state index contributed by atoms with van der Waals surface area (Å²) in [4.78, 5) is 0. The van der Waals surface area contributed by atoms with Crippen LogP contribution in [0.4, 0.5) is 11.4 Å². The lowest BCUT2D eigenvalue weighted by Gasteiger charge is -2.11. The smallest absolute Gasteiger partial charge is 0.0766 e. The van der Waals surface area contributed by atoms with Crippen molar-refractivity contribution in [2.24, 2.45) is 0 Å². The van der Waals surface area contributed by atoms with Crippen molar-refractivity contribution in [2.75, 3.05) is 17.7 Å². The lowest BCUT2D eigenvalue weighted by Crippen LogP contribution is -1.96. The molecule has 1 aromatic carbocycles. The second-order valence-corrected chi connectivity index (χ2v) is 3.73. The highest BCUT2D eigenvalue weighted by Crippen LogP contribution is 2.33. The summed E-state index contributed by atoms with van der Waals surface area (Å²) in [6.45, 7) is 3.59. The van der Waals surface area contributed by atoms with E-state index in [1.54, 1.807) is 6.20 Å². The number of anilines is 2. The fourth-order valence-corrected chi connectivity index (χ4v) is 1.95. The normalized spacial score (nSPS) is 9.46. The quantitative estimate of drug-likeness (QED) is 0.867. The molecule has 2 N–H and O–H groups in total. The summed E-state index contributed by atoms with van der Waals surface area (Å²) >= 11 is 9.36. The molecule has 0 saturated carbocycles. The van der Waals surface area contributed by atoms with Crippen LogP contribution in [0.15, 0.2) is 29.4 Å². The number of nitrogens with one attached hydrogen (secondary N) is 2. The molecule has 0 bridgehead atoms. The molecule has 0 atom stereocenters. The molecule has 4 heteroatoms. The molecule has 1 aromatic rings. The van der Waals surface area contributed by atoms with Crippen LogP contribution in [-0.4, -0.2) is 7.05 Å². The first-order valence-electron chi connectivity index (χ1n) is 3.73. The van der Waals surface area contributed by atoms with Crippen LogP contribution in [-0.2, 0) is 0 Å². The van der Waals surface area contributed by atoms with Crippen molar-refractivity contribution >= 4 is 38.9 Å². The largest absolute Gasteiger partial charge is 0.385 e. The van der Waals surface area contributed by atoms with Crippen molar-refractivity contribution in [1.29, 1.82) is 0 Å². The molecular weight excluding hydrogens is 251 g/mol.